The number of carbonyl (C=O) groups is 1. The lowest BCUT2D eigenvalue weighted by atomic mass is 9.92. The van der Waals surface area contributed by atoms with Gasteiger partial charge in [-0.25, -0.2) is 4.39 Å². The number of carbonyl (C=O) groups excluding carboxylic acids is 1. The van der Waals surface area contributed by atoms with Crippen LogP contribution in [0.25, 0.3) is 0 Å². The molecule has 22 heavy (non-hydrogen) atoms. The first-order chi connectivity index (χ1) is 10.3. The number of halogens is 1. The minimum atomic E-state index is -0.227. The van der Waals surface area contributed by atoms with E-state index in [4.69, 9.17) is 4.74 Å². The van der Waals surface area contributed by atoms with E-state index in [9.17, 15) is 9.18 Å². The Kier molecular flexibility index (Phi) is 5.22. The number of ether oxygens (including phenoxy) is 1. The highest BCUT2D eigenvalue weighted by atomic mass is 19.1. The van der Waals surface area contributed by atoms with Gasteiger partial charge in [-0.1, -0.05) is 12.1 Å². The molecule has 0 bridgehead atoms. The molecule has 3 nitrogen and oxygen atoms in total. The summed E-state index contributed by atoms with van der Waals surface area (Å²) in [6, 6.07) is 5.12. The van der Waals surface area contributed by atoms with E-state index in [1.165, 1.54) is 6.07 Å². The van der Waals surface area contributed by atoms with Gasteiger partial charge in [-0.2, -0.15) is 0 Å². The van der Waals surface area contributed by atoms with Crippen molar-refractivity contribution in [3.63, 3.8) is 0 Å². The summed E-state index contributed by atoms with van der Waals surface area (Å²) in [5, 5.41) is 0. The predicted octanol–water partition coefficient (Wildman–Crippen LogP) is 3.48. The molecule has 0 spiro atoms. The van der Waals surface area contributed by atoms with Crippen LogP contribution in [0.3, 0.4) is 0 Å². The lowest BCUT2D eigenvalue weighted by Gasteiger charge is -2.41. The largest absolute Gasteiger partial charge is 0.375 e. The van der Waals surface area contributed by atoms with Gasteiger partial charge in [0.15, 0.2) is 0 Å². The third-order valence-corrected chi connectivity index (χ3v) is 4.35. The maximum Gasteiger partial charge on any atom is 0.227 e. The number of rotatable bonds is 4. The molecule has 1 heterocycles. The molecule has 1 aromatic carbocycles. The minimum Gasteiger partial charge on any atom is -0.375 e. The molecule has 1 fully saturated rings. The molecule has 122 valence electrons. The van der Waals surface area contributed by atoms with Gasteiger partial charge in [0.1, 0.15) is 5.82 Å². The molecule has 1 aliphatic heterocycles. The SMILES string of the molecule is CCN(C(=O)Cc1ccc(F)c(C)c1)[C@@H]1CCOC(C)(C)C1. The van der Waals surface area contributed by atoms with E-state index in [1.54, 1.807) is 19.1 Å². The van der Waals surface area contributed by atoms with E-state index in [-0.39, 0.29) is 23.4 Å². The summed E-state index contributed by atoms with van der Waals surface area (Å²) in [4.78, 5) is 14.6. The monoisotopic (exact) mass is 307 g/mol. The van der Waals surface area contributed by atoms with Crippen LogP contribution >= 0.6 is 0 Å². The maximum atomic E-state index is 13.3. The summed E-state index contributed by atoms with van der Waals surface area (Å²) < 4.78 is 19.1. The fraction of sp³-hybridized carbons (Fsp3) is 0.611. The van der Waals surface area contributed by atoms with Crippen LogP contribution in [0.15, 0.2) is 18.2 Å². The van der Waals surface area contributed by atoms with Crippen LogP contribution in [-0.4, -0.2) is 35.6 Å². The van der Waals surface area contributed by atoms with Crippen LogP contribution in [0.1, 0.15) is 44.7 Å². The molecular formula is C18H26FNO2. The fourth-order valence-electron chi connectivity index (χ4n) is 3.20. The molecule has 0 aromatic heterocycles. The predicted molar refractivity (Wildman–Crippen MR) is 85.3 cm³/mol. The highest BCUT2D eigenvalue weighted by molar-refractivity contribution is 5.79. The van der Waals surface area contributed by atoms with Crippen molar-refractivity contribution < 1.29 is 13.9 Å². The van der Waals surface area contributed by atoms with Gasteiger partial charge < -0.3 is 9.64 Å². The van der Waals surface area contributed by atoms with Crippen molar-refractivity contribution in [3.8, 4) is 0 Å². The van der Waals surface area contributed by atoms with Crippen molar-refractivity contribution in [3.05, 3.63) is 35.1 Å². The maximum absolute atomic E-state index is 13.3. The zero-order chi connectivity index (χ0) is 16.3. The average Bonchev–Trinajstić information content (AvgIpc) is 2.43. The van der Waals surface area contributed by atoms with E-state index in [2.05, 4.69) is 13.8 Å². The minimum absolute atomic E-state index is 0.108. The van der Waals surface area contributed by atoms with Crippen molar-refractivity contribution in [1.29, 1.82) is 0 Å². The number of likely N-dealkylation sites (N-methyl/N-ethyl adjacent to an activating group) is 1. The van der Waals surface area contributed by atoms with E-state index >= 15 is 0 Å². The third-order valence-electron chi connectivity index (χ3n) is 4.35. The first-order valence-corrected chi connectivity index (χ1v) is 8.01. The number of hydrogen-bond acceptors (Lipinski definition) is 2. The molecule has 0 radical (unpaired) electrons. The molecule has 1 aromatic rings. The molecule has 1 saturated heterocycles. The highest BCUT2D eigenvalue weighted by Crippen LogP contribution is 2.27. The van der Waals surface area contributed by atoms with Crippen molar-refractivity contribution in [2.45, 2.75) is 58.6 Å². The summed E-state index contributed by atoms with van der Waals surface area (Å²) in [7, 11) is 0. The van der Waals surface area contributed by atoms with Gasteiger partial charge in [-0.05, 0) is 57.7 Å². The van der Waals surface area contributed by atoms with Gasteiger partial charge in [0.05, 0.1) is 12.0 Å². The molecule has 0 saturated carbocycles. The Bertz CT molecular complexity index is 542. The molecule has 0 aliphatic carbocycles. The Morgan fingerprint density at radius 1 is 1.45 bits per heavy atom. The third kappa shape index (κ3) is 4.07. The van der Waals surface area contributed by atoms with Crippen molar-refractivity contribution in [2.75, 3.05) is 13.2 Å². The quantitative estimate of drug-likeness (QED) is 0.852. The molecule has 0 unspecified atom stereocenters. The van der Waals surface area contributed by atoms with Gasteiger partial charge in [0.2, 0.25) is 5.91 Å². The van der Waals surface area contributed by atoms with Gasteiger partial charge in [-0.15, -0.1) is 0 Å². The van der Waals surface area contributed by atoms with Gasteiger partial charge in [0, 0.05) is 19.2 Å². The Morgan fingerprint density at radius 2 is 2.18 bits per heavy atom. The topological polar surface area (TPSA) is 29.5 Å². The van der Waals surface area contributed by atoms with Crippen LogP contribution in [-0.2, 0) is 16.0 Å². The second kappa shape index (κ2) is 6.78. The average molecular weight is 307 g/mol. The number of amides is 1. The van der Waals surface area contributed by atoms with Gasteiger partial charge >= 0.3 is 0 Å². The second-order valence-electron chi connectivity index (χ2n) is 6.69. The Hall–Kier alpha value is -1.42. The molecule has 1 atom stereocenters. The smallest absolute Gasteiger partial charge is 0.227 e. The highest BCUT2D eigenvalue weighted by Gasteiger charge is 2.33. The lowest BCUT2D eigenvalue weighted by Crippen LogP contribution is -2.48. The molecule has 0 N–H and O–H groups in total. The lowest BCUT2D eigenvalue weighted by molar-refractivity contribution is -0.139. The van der Waals surface area contributed by atoms with E-state index < -0.39 is 0 Å². The van der Waals surface area contributed by atoms with Crippen LogP contribution in [0, 0.1) is 12.7 Å². The van der Waals surface area contributed by atoms with E-state index in [0.717, 1.165) is 18.4 Å². The van der Waals surface area contributed by atoms with Crippen LogP contribution in [0.4, 0.5) is 4.39 Å². The fourth-order valence-corrected chi connectivity index (χ4v) is 3.20. The Morgan fingerprint density at radius 3 is 2.77 bits per heavy atom. The van der Waals surface area contributed by atoms with Crippen LogP contribution < -0.4 is 0 Å². The van der Waals surface area contributed by atoms with Gasteiger partial charge in [0.25, 0.3) is 0 Å². The Balaban J connectivity index is 2.06. The van der Waals surface area contributed by atoms with E-state index in [0.29, 0.717) is 25.1 Å². The van der Waals surface area contributed by atoms with Crippen LogP contribution in [0.2, 0.25) is 0 Å². The number of hydrogen-bond donors (Lipinski definition) is 0. The van der Waals surface area contributed by atoms with Crippen LogP contribution in [0.5, 0.6) is 0 Å². The number of nitrogens with zero attached hydrogens (tertiary/aromatic N) is 1. The molecule has 2 rings (SSSR count). The van der Waals surface area contributed by atoms with E-state index in [1.807, 2.05) is 11.8 Å². The Labute approximate surface area is 132 Å². The molecular weight excluding hydrogens is 281 g/mol. The summed E-state index contributed by atoms with van der Waals surface area (Å²) in [6.07, 6.45) is 2.06. The first kappa shape index (κ1) is 16.9. The number of aryl methyl sites for hydroxylation is 1. The molecule has 1 amide bonds. The molecule has 4 heteroatoms. The summed E-state index contributed by atoms with van der Waals surface area (Å²) in [6.45, 7) is 9.26. The zero-order valence-electron chi connectivity index (χ0n) is 14.0. The van der Waals surface area contributed by atoms with Gasteiger partial charge in [-0.3, -0.25) is 4.79 Å². The standard InChI is InChI=1S/C18H26FNO2/c1-5-20(15-8-9-22-18(3,4)12-15)17(21)11-14-6-7-16(19)13(2)10-14/h6-7,10,15H,5,8-9,11-12H2,1-4H3/t15-/m1/s1. The second-order valence-corrected chi connectivity index (χ2v) is 6.69. The summed E-state index contributed by atoms with van der Waals surface area (Å²) in [5.41, 5.74) is 1.28. The number of benzene rings is 1. The van der Waals surface area contributed by atoms with Crippen molar-refractivity contribution >= 4 is 5.91 Å². The zero-order valence-corrected chi connectivity index (χ0v) is 14.0. The van der Waals surface area contributed by atoms with Crippen molar-refractivity contribution in [2.24, 2.45) is 0 Å². The first-order valence-electron chi connectivity index (χ1n) is 8.01. The van der Waals surface area contributed by atoms with Crippen molar-refractivity contribution in [1.82, 2.24) is 4.90 Å². The molecule has 1 aliphatic rings. The normalized spacial score (nSPS) is 20.7. The summed E-state index contributed by atoms with van der Waals surface area (Å²) in [5.74, 6) is -0.120. The summed E-state index contributed by atoms with van der Waals surface area (Å²) >= 11 is 0.